The first-order chi connectivity index (χ1) is 9.53. The van der Waals surface area contributed by atoms with Crippen LogP contribution in [0.5, 0.6) is 0 Å². The van der Waals surface area contributed by atoms with Crippen molar-refractivity contribution in [2.45, 2.75) is 36.9 Å². The van der Waals surface area contributed by atoms with E-state index < -0.39 is 22.4 Å². The van der Waals surface area contributed by atoms with E-state index in [-0.39, 0.29) is 23.1 Å². The number of hydrogen-bond donors (Lipinski definition) is 2. The van der Waals surface area contributed by atoms with Gasteiger partial charge in [-0.3, -0.25) is 0 Å². The monoisotopic (exact) mass is 303 g/mol. The molecule has 1 aliphatic rings. The van der Waals surface area contributed by atoms with Gasteiger partial charge >= 0.3 is 0 Å². The molecule has 2 N–H and O–H groups in total. The van der Waals surface area contributed by atoms with Crippen LogP contribution in [-0.2, 0) is 21.4 Å². The van der Waals surface area contributed by atoms with Gasteiger partial charge < -0.3 is 9.84 Å². The highest BCUT2D eigenvalue weighted by Crippen LogP contribution is 2.16. The third-order valence-electron chi connectivity index (χ3n) is 3.27. The fraction of sp³-hybridized carbons (Fsp3) is 0.538. The van der Waals surface area contributed by atoms with E-state index in [4.69, 9.17) is 9.84 Å². The van der Waals surface area contributed by atoms with Gasteiger partial charge in [-0.1, -0.05) is 0 Å². The molecular weight excluding hydrogens is 285 g/mol. The summed E-state index contributed by atoms with van der Waals surface area (Å²) >= 11 is 0. The molecule has 0 radical (unpaired) electrons. The highest BCUT2D eigenvalue weighted by atomic mass is 32.2. The van der Waals surface area contributed by atoms with Crippen molar-refractivity contribution in [3.05, 3.63) is 29.6 Å². The number of halogens is 1. The Morgan fingerprint density at radius 3 is 2.85 bits per heavy atom. The average molecular weight is 303 g/mol. The summed E-state index contributed by atoms with van der Waals surface area (Å²) in [6.45, 7) is 0.312. The van der Waals surface area contributed by atoms with Crippen molar-refractivity contribution in [3.63, 3.8) is 0 Å². The van der Waals surface area contributed by atoms with Crippen LogP contribution in [0.2, 0.25) is 0 Å². The average Bonchev–Trinajstić information content (AvgIpc) is 2.46. The van der Waals surface area contributed by atoms with E-state index in [1.54, 1.807) is 0 Å². The Hall–Kier alpha value is -1.02. The second-order valence-corrected chi connectivity index (χ2v) is 6.52. The number of hydrogen-bond acceptors (Lipinski definition) is 4. The van der Waals surface area contributed by atoms with E-state index in [1.807, 2.05) is 0 Å². The molecule has 1 atom stereocenters. The van der Waals surface area contributed by atoms with Crippen molar-refractivity contribution in [2.75, 3.05) is 13.2 Å². The van der Waals surface area contributed by atoms with Crippen LogP contribution >= 0.6 is 0 Å². The van der Waals surface area contributed by atoms with Gasteiger partial charge in [0.25, 0.3) is 0 Å². The van der Waals surface area contributed by atoms with Crippen molar-refractivity contribution in [1.82, 2.24) is 4.72 Å². The number of ether oxygens (including phenoxy) is 1. The molecule has 1 saturated heterocycles. The van der Waals surface area contributed by atoms with Gasteiger partial charge in [-0.2, -0.15) is 0 Å². The number of rotatable bonds is 5. The first-order valence-electron chi connectivity index (χ1n) is 6.53. The number of nitrogens with one attached hydrogen (secondary N) is 1. The maximum Gasteiger partial charge on any atom is 0.240 e. The van der Waals surface area contributed by atoms with Crippen LogP contribution < -0.4 is 4.72 Å². The summed E-state index contributed by atoms with van der Waals surface area (Å²) in [6, 6.07) is 3.36. The summed E-state index contributed by atoms with van der Waals surface area (Å²) < 4.78 is 45.3. The lowest BCUT2D eigenvalue weighted by molar-refractivity contribution is 0.0200. The predicted octanol–water partition coefficient (Wildman–Crippen LogP) is 1.17. The van der Waals surface area contributed by atoms with Crippen molar-refractivity contribution in [3.8, 4) is 0 Å². The number of aliphatic hydroxyl groups excluding tert-OH is 1. The Bertz CT molecular complexity index is 555. The van der Waals surface area contributed by atoms with E-state index in [1.165, 1.54) is 6.07 Å². The van der Waals surface area contributed by atoms with Gasteiger partial charge in [-0.15, -0.1) is 0 Å². The first kappa shape index (κ1) is 15.4. The zero-order chi connectivity index (χ0) is 14.6. The normalized spacial score (nSPS) is 20.0. The van der Waals surface area contributed by atoms with Crippen LogP contribution in [0.3, 0.4) is 0 Å². The van der Waals surface area contributed by atoms with E-state index in [0.29, 0.717) is 6.61 Å². The standard InChI is InChI=1S/C13H18FNO4S/c14-13-5-4-12(7-10(13)9-16)20(17,18)15-8-11-3-1-2-6-19-11/h4-5,7,11,15-16H,1-3,6,8-9H2. The molecule has 1 heterocycles. The van der Waals surface area contributed by atoms with E-state index in [9.17, 15) is 12.8 Å². The molecule has 7 heteroatoms. The minimum atomic E-state index is -3.72. The van der Waals surface area contributed by atoms with Crippen molar-refractivity contribution in [2.24, 2.45) is 0 Å². The van der Waals surface area contributed by atoms with Gasteiger partial charge in [0.05, 0.1) is 17.6 Å². The van der Waals surface area contributed by atoms with Gasteiger partial charge in [-0.05, 0) is 37.5 Å². The molecule has 0 amide bonds. The Balaban J connectivity index is 2.05. The van der Waals surface area contributed by atoms with Gasteiger partial charge in [0.15, 0.2) is 0 Å². The molecule has 1 aromatic rings. The Morgan fingerprint density at radius 2 is 2.20 bits per heavy atom. The van der Waals surface area contributed by atoms with Crippen LogP contribution in [0, 0.1) is 5.82 Å². The molecule has 1 unspecified atom stereocenters. The highest BCUT2D eigenvalue weighted by molar-refractivity contribution is 7.89. The summed E-state index contributed by atoms with van der Waals surface area (Å²) in [5, 5.41) is 8.97. The van der Waals surface area contributed by atoms with Crippen LogP contribution in [0.15, 0.2) is 23.1 Å². The number of benzene rings is 1. The maximum atomic E-state index is 13.2. The molecule has 20 heavy (non-hydrogen) atoms. The smallest absolute Gasteiger partial charge is 0.240 e. The van der Waals surface area contributed by atoms with Gasteiger partial charge in [0.2, 0.25) is 10.0 Å². The van der Waals surface area contributed by atoms with Gasteiger partial charge in [0, 0.05) is 18.7 Å². The lowest BCUT2D eigenvalue weighted by atomic mass is 10.1. The third-order valence-corrected chi connectivity index (χ3v) is 4.69. The van der Waals surface area contributed by atoms with Crippen molar-refractivity contribution >= 4 is 10.0 Å². The molecule has 1 aliphatic heterocycles. The van der Waals surface area contributed by atoms with E-state index in [2.05, 4.69) is 4.72 Å². The number of aliphatic hydroxyl groups is 1. The summed E-state index contributed by atoms with van der Waals surface area (Å²) in [4.78, 5) is -0.0567. The SMILES string of the molecule is O=S(=O)(NCC1CCCCO1)c1ccc(F)c(CO)c1. The van der Waals surface area contributed by atoms with E-state index in [0.717, 1.165) is 31.4 Å². The topological polar surface area (TPSA) is 75.6 Å². The maximum absolute atomic E-state index is 13.2. The summed E-state index contributed by atoms with van der Waals surface area (Å²) in [5.74, 6) is -0.623. The molecule has 2 rings (SSSR count). The first-order valence-corrected chi connectivity index (χ1v) is 8.02. The Kier molecular flexibility index (Phi) is 5.09. The van der Waals surface area contributed by atoms with Crippen molar-refractivity contribution in [1.29, 1.82) is 0 Å². The third kappa shape index (κ3) is 3.76. The van der Waals surface area contributed by atoms with Crippen LogP contribution in [0.1, 0.15) is 24.8 Å². The molecule has 1 fully saturated rings. The van der Waals surface area contributed by atoms with Crippen LogP contribution in [0.4, 0.5) is 4.39 Å². The molecular formula is C13H18FNO4S. The Labute approximate surface area is 117 Å². The Morgan fingerprint density at radius 1 is 1.40 bits per heavy atom. The molecule has 1 aromatic carbocycles. The predicted molar refractivity (Wildman–Crippen MR) is 71.1 cm³/mol. The summed E-state index contributed by atoms with van der Waals surface area (Å²) in [6.07, 6.45) is 2.74. The number of sulfonamides is 1. The molecule has 112 valence electrons. The summed E-state index contributed by atoms with van der Waals surface area (Å²) in [5.41, 5.74) is -0.0400. The summed E-state index contributed by atoms with van der Waals surface area (Å²) in [7, 11) is -3.72. The van der Waals surface area contributed by atoms with Crippen LogP contribution in [-0.4, -0.2) is 32.8 Å². The molecule has 0 bridgehead atoms. The molecule has 0 saturated carbocycles. The molecule has 0 aliphatic carbocycles. The lowest BCUT2D eigenvalue weighted by Gasteiger charge is -2.22. The quantitative estimate of drug-likeness (QED) is 0.856. The van der Waals surface area contributed by atoms with E-state index >= 15 is 0 Å². The largest absolute Gasteiger partial charge is 0.392 e. The minimum Gasteiger partial charge on any atom is -0.392 e. The second-order valence-electron chi connectivity index (χ2n) is 4.75. The van der Waals surface area contributed by atoms with Crippen LogP contribution in [0.25, 0.3) is 0 Å². The molecule has 0 aromatic heterocycles. The van der Waals surface area contributed by atoms with Gasteiger partial charge in [-0.25, -0.2) is 17.5 Å². The lowest BCUT2D eigenvalue weighted by Crippen LogP contribution is -2.35. The second kappa shape index (κ2) is 6.62. The van der Waals surface area contributed by atoms with Gasteiger partial charge in [0.1, 0.15) is 5.82 Å². The van der Waals surface area contributed by atoms with Crippen molar-refractivity contribution < 1.29 is 22.7 Å². The molecule has 0 spiro atoms. The zero-order valence-electron chi connectivity index (χ0n) is 11.0. The highest BCUT2D eigenvalue weighted by Gasteiger charge is 2.20. The minimum absolute atomic E-state index is 0.0400. The molecule has 5 nitrogen and oxygen atoms in total. The fourth-order valence-corrected chi connectivity index (χ4v) is 3.21. The fourth-order valence-electron chi connectivity index (χ4n) is 2.09. The zero-order valence-corrected chi connectivity index (χ0v) is 11.8.